The van der Waals surface area contributed by atoms with Crippen LogP contribution in [-0.4, -0.2) is 59.8 Å². The van der Waals surface area contributed by atoms with Crippen molar-refractivity contribution in [2.75, 3.05) is 0 Å². The van der Waals surface area contributed by atoms with Crippen LogP contribution < -0.4 is 0 Å². The van der Waals surface area contributed by atoms with E-state index in [1.165, 1.54) is 0 Å². The average Bonchev–Trinajstić information content (AvgIpc) is 2.85. The van der Waals surface area contributed by atoms with E-state index in [9.17, 15) is 9.59 Å². The largest absolute Gasteiger partial charge is 0.479 e. The smallest absolute Gasteiger partial charge is 0.335 e. The zero-order valence-corrected chi connectivity index (χ0v) is 9.46. The van der Waals surface area contributed by atoms with E-state index in [0.717, 1.165) is 11.0 Å². The molecular weight excluding hydrogens is 258 g/mol. The van der Waals surface area contributed by atoms with Gasteiger partial charge in [0.05, 0.1) is 11.7 Å². The van der Waals surface area contributed by atoms with E-state index in [2.05, 4.69) is 15.2 Å². The summed E-state index contributed by atoms with van der Waals surface area (Å²) in [5.41, 5.74) is 1.90. The third-order valence-corrected chi connectivity index (χ3v) is 2.02. The molecule has 0 saturated carbocycles. The van der Waals surface area contributed by atoms with Gasteiger partial charge >= 0.3 is 11.9 Å². The highest BCUT2D eigenvalue weighted by Gasteiger charge is 2.29. The summed E-state index contributed by atoms with van der Waals surface area (Å²) in [6.45, 7) is 0. The van der Waals surface area contributed by atoms with Crippen LogP contribution in [-0.2, 0) is 9.59 Å². The molecular formula is C10H11N3O6. The first-order valence-corrected chi connectivity index (χ1v) is 4.99. The number of aliphatic carboxylic acids is 2. The van der Waals surface area contributed by atoms with Gasteiger partial charge in [-0.2, -0.15) is 5.10 Å². The van der Waals surface area contributed by atoms with Crippen molar-refractivity contribution < 1.29 is 30.0 Å². The fourth-order valence-electron chi connectivity index (χ4n) is 1.05. The number of carboxylic acids is 2. The molecule has 0 aromatic carbocycles. The number of H-pyrrole nitrogens is 1. The second-order valence-electron chi connectivity index (χ2n) is 3.37. The van der Waals surface area contributed by atoms with Gasteiger partial charge in [0.25, 0.3) is 0 Å². The molecule has 2 aromatic rings. The second kappa shape index (κ2) is 6.42. The Hall–Kier alpha value is -2.52. The zero-order valence-electron chi connectivity index (χ0n) is 9.46. The van der Waals surface area contributed by atoms with Crippen LogP contribution >= 0.6 is 0 Å². The number of aliphatic hydroxyl groups is 2. The number of hydrogen-bond acceptors (Lipinski definition) is 6. The monoisotopic (exact) mass is 269 g/mol. The fourth-order valence-corrected chi connectivity index (χ4v) is 1.05. The van der Waals surface area contributed by atoms with Crippen molar-refractivity contribution in [2.45, 2.75) is 12.2 Å². The SMILES string of the molecule is O=C(O)C(O)C(O)C(=O)O.c1cnc2cn[nH]c2c1. The molecule has 19 heavy (non-hydrogen) atoms. The molecule has 2 heterocycles. The van der Waals surface area contributed by atoms with Crippen molar-refractivity contribution in [3.8, 4) is 0 Å². The maximum atomic E-state index is 9.77. The summed E-state index contributed by atoms with van der Waals surface area (Å²) >= 11 is 0. The molecule has 0 aliphatic carbocycles. The number of carbonyl (C=O) groups is 2. The van der Waals surface area contributed by atoms with E-state index in [-0.39, 0.29) is 0 Å². The third kappa shape index (κ3) is 4.01. The number of hydrogen-bond donors (Lipinski definition) is 5. The van der Waals surface area contributed by atoms with E-state index in [1.807, 2.05) is 12.1 Å². The lowest BCUT2D eigenvalue weighted by Gasteiger charge is -2.07. The van der Waals surface area contributed by atoms with E-state index < -0.39 is 24.1 Å². The van der Waals surface area contributed by atoms with Crippen molar-refractivity contribution in [1.82, 2.24) is 15.2 Å². The minimum Gasteiger partial charge on any atom is -0.479 e. The number of carboxylic acid groups (broad SMARTS) is 2. The molecule has 0 spiro atoms. The maximum absolute atomic E-state index is 9.77. The number of aliphatic hydroxyl groups excluding tert-OH is 2. The van der Waals surface area contributed by atoms with Crippen LogP contribution in [0.4, 0.5) is 0 Å². The molecule has 102 valence electrons. The van der Waals surface area contributed by atoms with Gasteiger partial charge in [-0.25, -0.2) is 9.59 Å². The summed E-state index contributed by atoms with van der Waals surface area (Å²) in [6.07, 6.45) is -1.08. The van der Waals surface area contributed by atoms with E-state index in [1.54, 1.807) is 12.4 Å². The van der Waals surface area contributed by atoms with Crippen molar-refractivity contribution in [3.05, 3.63) is 24.5 Å². The Bertz CT molecular complexity index is 521. The van der Waals surface area contributed by atoms with Crippen LogP contribution in [0, 0.1) is 0 Å². The van der Waals surface area contributed by atoms with Crippen LogP contribution in [0.15, 0.2) is 24.5 Å². The van der Waals surface area contributed by atoms with Crippen LogP contribution in [0.5, 0.6) is 0 Å². The fraction of sp³-hybridized carbons (Fsp3) is 0.200. The summed E-state index contributed by atoms with van der Waals surface area (Å²) in [5.74, 6) is -3.54. The highest BCUT2D eigenvalue weighted by molar-refractivity contribution is 5.83. The van der Waals surface area contributed by atoms with Gasteiger partial charge in [0, 0.05) is 6.20 Å². The summed E-state index contributed by atoms with van der Waals surface area (Å²) in [5, 5.41) is 39.1. The van der Waals surface area contributed by atoms with Gasteiger partial charge < -0.3 is 20.4 Å². The predicted octanol–water partition coefficient (Wildman–Crippen LogP) is -1.16. The van der Waals surface area contributed by atoms with Gasteiger partial charge in [0.1, 0.15) is 5.52 Å². The molecule has 5 N–H and O–H groups in total. The Morgan fingerprint density at radius 1 is 1.16 bits per heavy atom. The molecule has 0 bridgehead atoms. The van der Waals surface area contributed by atoms with E-state index >= 15 is 0 Å². The van der Waals surface area contributed by atoms with Crippen molar-refractivity contribution in [1.29, 1.82) is 0 Å². The Balaban J connectivity index is 0.000000190. The minimum atomic E-state index is -2.27. The molecule has 0 aliphatic heterocycles. The Kier molecular flexibility index (Phi) is 4.92. The maximum Gasteiger partial charge on any atom is 0.335 e. The first kappa shape index (κ1) is 14.5. The topological polar surface area (TPSA) is 157 Å². The molecule has 0 fully saturated rings. The summed E-state index contributed by atoms with van der Waals surface area (Å²) in [7, 11) is 0. The normalized spacial score (nSPS) is 13.2. The predicted molar refractivity (Wildman–Crippen MR) is 61.2 cm³/mol. The zero-order chi connectivity index (χ0) is 14.4. The molecule has 2 aromatic heterocycles. The average molecular weight is 269 g/mol. The van der Waals surface area contributed by atoms with E-state index in [0.29, 0.717) is 0 Å². The van der Waals surface area contributed by atoms with Crippen LogP contribution in [0.25, 0.3) is 11.0 Å². The van der Waals surface area contributed by atoms with Crippen LogP contribution in [0.3, 0.4) is 0 Å². The molecule has 2 unspecified atom stereocenters. The highest BCUT2D eigenvalue weighted by Crippen LogP contribution is 2.03. The number of nitrogens with zero attached hydrogens (tertiary/aromatic N) is 2. The lowest BCUT2D eigenvalue weighted by Crippen LogP contribution is -2.39. The van der Waals surface area contributed by atoms with Crippen molar-refractivity contribution in [3.63, 3.8) is 0 Å². The second-order valence-corrected chi connectivity index (χ2v) is 3.37. The van der Waals surface area contributed by atoms with Crippen molar-refractivity contribution >= 4 is 23.0 Å². The standard InChI is InChI=1S/C6H5N3.C4H6O6/c1-2-5-6(7-3-1)4-8-9-5;5-1(3(7)8)2(6)4(9)10/h1-4H,(H,8,9);1-2,5-6H,(H,7,8)(H,9,10). The molecule has 2 rings (SSSR count). The van der Waals surface area contributed by atoms with Gasteiger partial charge in [0.2, 0.25) is 0 Å². The molecule has 9 heteroatoms. The van der Waals surface area contributed by atoms with Gasteiger partial charge in [-0.3, -0.25) is 10.1 Å². The number of nitrogens with one attached hydrogen (secondary N) is 1. The Morgan fingerprint density at radius 3 is 2.21 bits per heavy atom. The molecule has 2 atom stereocenters. The number of aromatic nitrogens is 3. The van der Waals surface area contributed by atoms with E-state index in [4.69, 9.17) is 20.4 Å². The Labute approximate surface area is 106 Å². The lowest BCUT2D eigenvalue weighted by atomic mass is 10.2. The summed E-state index contributed by atoms with van der Waals surface area (Å²) in [4.78, 5) is 23.6. The molecule has 9 nitrogen and oxygen atoms in total. The summed E-state index contributed by atoms with van der Waals surface area (Å²) in [6, 6.07) is 3.82. The molecule has 0 aliphatic rings. The molecule has 0 saturated heterocycles. The van der Waals surface area contributed by atoms with Gasteiger partial charge in [0.15, 0.2) is 12.2 Å². The van der Waals surface area contributed by atoms with Gasteiger partial charge in [-0.1, -0.05) is 0 Å². The highest BCUT2D eigenvalue weighted by atomic mass is 16.4. The number of fused-ring (bicyclic) bond motifs is 1. The van der Waals surface area contributed by atoms with Crippen LogP contribution in [0.2, 0.25) is 0 Å². The quantitative estimate of drug-likeness (QED) is 0.466. The van der Waals surface area contributed by atoms with Gasteiger partial charge in [-0.15, -0.1) is 0 Å². The van der Waals surface area contributed by atoms with Crippen molar-refractivity contribution in [2.24, 2.45) is 0 Å². The molecule has 0 amide bonds. The number of pyridine rings is 1. The number of rotatable bonds is 3. The first-order valence-electron chi connectivity index (χ1n) is 4.99. The van der Waals surface area contributed by atoms with Crippen LogP contribution in [0.1, 0.15) is 0 Å². The number of aromatic amines is 1. The first-order chi connectivity index (χ1) is 8.93. The third-order valence-electron chi connectivity index (χ3n) is 2.02. The minimum absolute atomic E-state index is 0.914. The lowest BCUT2D eigenvalue weighted by molar-refractivity contribution is -0.165. The Morgan fingerprint density at radius 2 is 1.74 bits per heavy atom. The molecule has 0 radical (unpaired) electrons. The summed E-state index contributed by atoms with van der Waals surface area (Å²) < 4.78 is 0. The van der Waals surface area contributed by atoms with Gasteiger partial charge in [-0.05, 0) is 12.1 Å².